The molecule has 1 aliphatic rings. The Balaban J connectivity index is 1.72. The smallest absolute Gasteiger partial charge is 0.0992 e. The fourth-order valence-electron chi connectivity index (χ4n) is 2.66. The van der Waals surface area contributed by atoms with E-state index >= 15 is 0 Å². The molecular formula is C17H16BrN3. The lowest BCUT2D eigenvalue weighted by atomic mass is 10.1. The first-order valence-corrected chi connectivity index (χ1v) is 7.73. The summed E-state index contributed by atoms with van der Waals surface area (Å²) in [4.78, 5) is 2.30. The molecule has 2 aromatic rings. The molecule has 0 aromatic heterocycles. The lowest BCUT2D eigenvalue weighted by Gasteiger charge is -2.13. The molecule has 0 atom stereocenters. The van der Waals surface area contributed by atoms with Crippen molar-refractivity contribution in [3.8, 4) is 6.07 Å². The summed E-state index contributed by atoms with van der Waals surface area (Å²) in [5, 5.41) is 12.3. The molecule has 106 valence electrons. The summed E-state index contributed by atoms with van der Waals surface area (Å²) >= 11 is 3.50. The molecule has 3 nitrogen and oxygen atoms in total. The van der Waals surface area contributed by atoms with Crippen molar-refractivity contribution in [2.24, 2.45) is 0 Å². The van der Waals surface area contributed by atoms with Crippen LogP contribution in [0.5, 0.6) is 0 Å². The van der Waals surface area contributed by atoms with Crippen molar-refractivity contribution in [2.45, 2.75) is 13.0 Å². The second kappa shape index (κ2) is 5.79. The van der Waals surface area contributed by atoms with Crippen LogP contribution in [0.1, 0.15) is 16.7 Å². The molecule has 0 radical (unpaired) electrons. The summed E-state index contributed by atoms with van der Waals surface area (Å²) in [6, 6.07) is 14.4. The second-order valence-electron chi connectivity index (χ2n) is 5.29. The van der Waals surface area contributed by atoms with Crippen LogP contribution in [0.4, 0.5) is 11.4 Å². The third-order valence-electron chi connectivity index (χ3n) is 3.85. The van der Waals surface area contributed by atoms with E-state index in [0.717, 1.165) is 29.7 Å². The lowest BCUT2D eigenvalue weighted by molar-refractivity contribution is 0.955. The lowest BCUT2D eigenvalue weighted by Crippen LogP contribution is -2.12. The van der Waals surface area contributed by atoms with Crippen LogP contribution in [0.3, 0.4) is 0 Å². The van der Waals surface area contributed by atoms with Gasteiger partial charge < -0.3 is 10.2 Å². The van der Waals surface area contributed by atoms with Gasteiger partial charge in [-0.15, -0.1) is 0 Å². The van der Waals surface area contributed by atoms with Crippen LogP contribution in [0.15, 0.2) is 40.9 Å². The van der Waals surface area contributed by atoms with Crippen molar-refractivity contribution in [2.75, 3.05) is 23.8 Å². The maximum Gasteiger partial charge on any atom is 0.0992 e. The number of hydrogen-bond acceptors (Lipinski definition) is 3. The Kier molecular flexibility index (Phi) is 3.85. The molecule has 0 spiro atoms. The summed E-state index contributed by atoms with van der Waals surface area (Å²) < 4.78 is 0.919. The summed E-state index contributed by atoms with van der Waals surface area (Å²) in [5.41, 5.74) is 5.72. The summed E-state index contributed by atoms with van der Waals surface area (Å²) in [5.74, 6) is 0. The molecule has 0 aliphatic carbocycles. The number of hydrogen-bond donors (Lipinski definition) is 1. The minimum atomic E-state index is 0.660. The molecule has 0 saturated heterocycles. The zero-order valence-electron chi connectivity index (χ0n) is 11.9. The number of anilines is 2. The van der Waals surface area contributed by atoms with E-state index in [1.807, 2.05) is 18.2 Å². The van der Waals surface area contributed by atoms with Gasteiger partial charge in [-0.25, -0.2) is 0 Å². The first kappa shape index (κ1) is 14.0. The molecular weight excluding hydrogens is 326 g/mol. The fraction of sp³-hybridized carbons (Fsp3) is 0.235. The molecule has 1 heterocycles. The van der Waals surface area contributed by atoms with Crippen LogP contribution < -0.4 is 10.2 Å². The van der Waals surface area contributed by atoms with Gasteiger partial charge in [0.15, 0.2) is 0 Å². The summed E-state index contributed by atoms with van der Waals surface area (Å²) in [6.07, 6.45) is 1.13. The van der Waals surface area contributed by atoms with Gasteiger partial charge in [-0.1, -0.05) is 12.1 Å². The Hall–Kier alpha value is -1.99. The van der Waals surface area contributed by atoms with Crippen molar-refractivity contribution >= 4 is 27.3 Å². The van der Waals surface area contributed by atoms with Crippen LogP contribution in [-0.4, -0.2) is 13.6 Å². The number of benzene rings is 2. The van der Waals surface area contributed by atoms with Crippen molar-refractivity contribution < 1.29 is 0 Å². The van der Waals surface area contributed by atoms with Gasteiger partial charge in [-0.05, 0) is 57.7 Å². The maximum atomic E-state index is 8.88. The van der Waals surface area contributed by atoms with Crippen LogP contribution in [-0.2, 0) is 13.0 Å². The normalized spacial score (nSPS) is 12.9. The quantitative estimate of drug-likeness (QED) is 0.919. The largest absolute Gasteiger partial charge is 0.380 e. The van der Waals surface area contributed by atoms with Gasteiger partial charge in [0.2, 0.25) is 0 Å². The first-order chi connectivity index (χ1) is 10.2. The van der Waals surface area contributed by atoms with Crippen molar-refractivity contribution in [3.63, 3.8) is 0 Å². The fourth-order valence-corrected chi connectivity index (χ4v) is 3.17. The Morgan fingerprint density at radius 1 is 1.29 bits per heavy atom. The minimum Gasteiger partial charge on any atom is -0.380 e. The topological polar surface area (TPSA) is 39.1 Å². The maximum absolute atomic E-state index is 8.88. The highest BCUT2D eigenvalue weighted by Crippen LogP contribution is 2.28. The van der Waals surface area contributed by atoms with E-state index in [1.165, 1.54) is 16.8 Å². The van der Waals surface area contributed by atoms with Crippen LogP contribution in [0.25, 0.3) is 0 Å². The highest BCUT2D eigenvalue weighted by Gasteiger charge is 2.15. The average molecular weight is 342 g/mol. The molecule has 1 aliphatic heterocycles. The van der Waals surface area contributed by atoms with Gasteiger partial charge >= 0.3 is 0 Å². The monoisotopic (exact) mass is 341 g/mol. The SMILES string of the molecule is CN1CCc2cc(CNc3ccc(C#N)cc3Br)ccc21. The number of nitriles is 1. The molecule has 3 rings (SSSR count). The number of nitrogens with zero attached hydrogens (tertiary/aromatic N) is 2. The van der Waals surface area contributed by atoms with E-state index in [0.29, 0.717) is 5.56 Å². The minimum absolute atomic E-state index is 0.660. The Labute approximate surface area is 133 Å². The second-order valence-corrected chi connectivity index (χ2v) is 6.15. The number of rotatable bonds is 3. The standard InChI is InChI=1S/C17H16BrN3/c1-21-7-6-14-8-13(3-5-17(14)21)11-20-16-4-2-12(10-19)9-15(16)18/h2-5,8-9,20H,6-7,11H2,1H3. The molecule has 0 fully saturated rings. The molecule has 21 heavy (non-hydrogen) atoms. The average Bonchev–Trinajstić information content (AvgIpc) is 2.87. The highest BCUT2D eigenvalue weighted by atomic mass is 79.9. The summed E-state index contributed by atoms with van der Waals surface area (Å²) in [7, 11) is 2.14. The van der Waals surface area contributed by atoms with Crippen molar-refractivity contribution in [1.29, 1.82) is 5.26 Å². The number of nitrogens with one attached hydrogen (secondary N) is 1. The van der Waals surface area contributed by atoms with E-state index in [9.17, 15) is 0 Å². The number of likely N-dealkylation sites (N-methyl/N-ethyl adjacent to an activating group) is 1. The van der Waals surface area contributed by atoms with Gasteiger partial charge in [0.1, 0.15) is 0 Å². The first-order valence-electron chi connectivity index (χ1n) is 6.94. The van der Waals surface area contributed by atoms with E-state index in [-0.39, 0.29) is 0 Å². The molecule has 4 heteroatoms. The van der Waals surface area contributed by atoms with Gasteiger partial charge in [0, 0.05) is 36.0 Å². The van der Waals surface area contributed by atoms with Gasteiger partial charge in [0.05, 0.1) is 11.6 Å². The van der Waals surface area contributed by atoms with Crippen molar-refractivity contribution in [3.05, 3.63) is 57.6 Å². The van der Waals surface area contributed by atoms with Crippen LogP contribution in [0.2, 0.25) is 0 Å². The van der Waals surface area contributed by atoms with E-state index < -0.39 is 0 Å². The molecule has 0 bridgehead atoms. The Morgan fingerprint density at radius 2 is 2.14 bits per heavy atom. The third kappa shape index (κ3) is 2.88. The molecule has 0 amide bonds. The molecule has 2 aromatic carbocycles. The van der Waals surface area contributed by atoms with E-state index in [1.54, 1.807) is 0 Å². The van der Waals surface area contributed by atoms with Gasteiger partial charge in [0.25, 0.3) is 0 Å². The predicted molar refractivity (Wildman–Crippen MR) is 89.6 cm³/mol. The zero-order chi connectivity index (χ0) is 14.8. The van der Waals surface area contributed by atoms with E-state index in [4.69, 9.17) is 5.26 Å². The van der Waals surface area contributed by atoms with Gasteiger partial charge in [-0.3, -0.25) is 0 Å². The van der Waals surface area contributed by atoms with E-state index in [2.05, 4.69) is 57.5 Å². The van der Waals surface area contributed by atoms with Crippen LogP contribution in [0, 0.1) is 11.3 Å². The summed E-state index contributed by atoms with van der Waals surface area (Å²) in [6.45, 7) is 1.88. The number of halogens is 1. The van der Waals surface area contributed by atoms with Gasteiger partial charge in [-0.2, -0.15) is 5.26 Å². The highest BCUT2D eigenvalue weighted by molar-refractivity contribution is 9.10. The third-order valence-corrected chi connectivity index (χ3v) is 4.51. The molecule has 0 unspecified atom stereocenters. The van der Waals surface area contributed by atoms with Crippen LogP contribution >= 0.6 is 15.9 Å². The molecule has 1 N–H and O–H groups in total. The van der Waals surface area contributed by atoms with Crippen molar-refractivity contribution in [1.82, 2.24) is 0 Å². The number of fused-ring (bicyclic) bond motifs is 1. The Bertz CT molecular complexity index is 718. The zero-order valence-corrected chi connectivity index (χ0v) is 13.4. The molecule has 0 saturated carbocycles. The Morgan fingerprint density at radius 3 is 2.90 bits per heavy atom. The predicted octanol–water partition coefficient (Wildman–Crippen LogP) is 3.93.